The van der Waals surface area contributed by atoms with Crippen LogP contribution < -0.4 is 10.1 Å². The first-order valence-corrected chi connectivity index (χ1v) is 8.40. The Hall–Kier alpha value is -2.82. The van der Waals surface area contributed by atoms with E-state index >= 15 is 0 Å². The standard InChI is InChI=1S/C20H22N2O3/c1-15(23)22-12-18(13-22)20(24)21-11-16-7-9-19(10-8-16)25-14-17-5-3-2-4-6-17/h2-10,18H,11-14H2,1H3,(H,21,24). The fraction of sp³-hybridized carbons (Fsp3) is 0.300. The zero-order chi connectivity index (χ0) is 17.6. The fourth-order valence-corrected chi connectivity index (χ4v) is 2.68. The lowest BCUT2D eigenvalue weighted by atomic mass is 9.99. The molecule has 1 heterocycles. The number of carbonyl (C=O) groups excluding carboxylic acids is 2. The Kier molecular flexibility index (Phi) is 5.33. The number of carbonyl (C=O) groups is 2. The van der Waals surface area contributed by atoms with Crippen molar-refractivity contribution in [2.45, 2.75) is 20.1 Å². The van der Waals surface area contributed by atoms with Gasteiger partial charge in [-0.3, -0.25) is 9.59 Å². The number of benzene rings is 2. The van der Waals surface area contributed by atoms with Gasteiger partial charge >= 0.3 is 0 Å². The normalized spacial score (nSPS) is 13.9. The molecule has 1 aliphatic heterocycles. The van der Waals surface area contributed by atoms with Crippen LogP contribution in [0.1, 0.15) is 18.1 Å². The number of rotatable bonds is 6. The van der Waals surface area contributed by atoms with Crippen LogP contribution in [0.25, 0.3) is 0 Å². The number of likely N-dealkylation sites (tertiary alicyclic amines) is 1. The van der Waals surface area contributed by atoms with E-state index in [0.717, 1.165) is 16.9 Å². The molecular formula is C20H22N2O3. The molecule has 130 valence electrons. The molecule has 0 aromatic heterocycles. The summed E-state index contributed by atoms with van der Waals surface area (Å²) in [5.74, 6) is 0.740. The van der Waals surface area contributed by atoms with Crippen molar-refractivity contribution in [3.8, 4) is 5.75 Å². The van der Waals surface area contributed by atoms with Gasteiger partial charge in [-0.15, -0.1) is 0 Å². The van der Waals surface area contributed by atoms with Gasteiger partial charge in [0.1, 0.15) is 12.4 Å². The average Bonchev–Trinajstić information content (AvgIpc) is 2.58. The third kappa shape index (κ3) is 4.59. The summed E-state index contributed by atoms with van der Waals surface area (Å²) in [6.45, 7) is 3.58. The summed E-state index contributed by atoms with van der Waals surface area (Å²) in [6, 6.07) is 17.7. The van der Waals surface area contributed by atoms with Gasteiger partial charge in [-0.25, -0.2) is 0 Å². The molecule has 2 amide bonds. The van der Waals surface area contributed by atoms with E-state index in [9.17, 15) is 9.59 Å². The highest BCUT2D eigenvalue weighted by Gasteiger charge is 2.33. The minimum atomic E-state index is -0.0858. The lowest BCUT2D eigenvalue weighted by Gasteiger charge is -2.37. The number of hydrogen-bond acceptors (Lipinski definition) is 3. The van der Waals surface area contributed by atoms with E-state index in [4.69, 9.17) is 4.74 Å². The first-order valence-electron chi connectivity index (χ1n) is 8.40. The van der Waals surface area contributed by atoms with Crippen molar-refractivity contribution in [2.75, 3.05) is 13.1 Å². The highest BCUT2D eigenvalue weighted by atomic mass is 16.5. The molecule has 1 fully saturated rings. The third-order valence-corrected chi connectivity index (χ3v) is 4.34. The number of amides is 2. The van der Waals surface area contributed by atoms with E-state index in [1.165, 1.54) is 6.92 Å². The fourth-order valence-electron chi connectivity index (χ4n) is 2.68. The molecule has 5 nitrogen and oxygen atoms in total. The highest BCUT2D eigenvalue weighted by molar-refractivity contribution is 5.83. The van der Waals surface area contributed by atoms with Gasteiger partial charge in [0.2, 0.25) is 11.8 Å². The van der Waals surface area contributed by atoms with Crippen LogP contribution in [0.3, 0.4) is 0 Å². The van der Waals surface area contributed by atoms with Crippen molar-refractivity contribution in [1.82, 2.24) is 10.2 Å². The molecule has 5 heteroatoms. The lowest BCUT2D eigenvalue weighted by Crippen LogP contribution is -2.55. The third-order valence-electron chi connectivity index (χ3n) is 4.34. The van der Waals surface area contributed by atoms with Crippen molar-refractivity contribution in [2.24, 2.45) is 5.92 Å². The number of nitrogens with zero attached hydrogens (tertiary/aromatic N) is 1. The average molecular weight is 338 g/mol. The van der Waals surface area contributed by atoms with E-state index in [0.29, 0.717) is 26.2 Å². The van der Waals surface area contributed by atoms with Crippen LogP contribution >= 0.6 is 0 Å². The molecule has 0 radical (unpaired) electrons. The highest BCUT2D eigenvalue weighted by Crippen LogP contribution is 2.17. The first-order chi connectivity index (χ1) is 12.1. The lowest BCUT2D eigenvalue weighted by molar-refractivity contribution is -0.141. The van der Waals surface area contributed by atoms with Crippen molar-refractivity contribution < 1.29 is 14.3 Å². The zero-order valence-electron chi connectivity index (χ0n) is 14.3. The number of hydrogen-bond donors (Lipinski definition) is 1. The molecule has 25 heavy (non-hydrogen) atoms. The molecule has 2 aromatic carbocycles. The van der Waals surface area contributed by atoms with Gasteiger partial charge in [-0.05, 0) is 23.3 Å². The summed E-state index contributed by atoms with van der Waals surface area (Å²) in [5, 5.41) is 2.92. The molecule has 0 atom stereocenters. The maximum absolute atomic E-state index is 12.0. The maximum Gasteiger partial charge on any atom is 0.226 e. The Morgan fingerprint density at radius 2 is 1.72 bits per heavy atom. The smallest absolute Gasteiger partial charge is 0.226 e. The van der Waals surface area contributed by atoms with Crippen LogP contribution in [-0.2, 0) is 22.7 Å². The Morgan fingerprint density at radius 1 is 1.04 bits per heavy atom. The predicted molar refractivity (Wildman–Crippen MR) is 94.8 cm³/mol. The Labute approximate surface area is 147 Å². The quantitative estimate of drug-likeness (QED) is 0.880. The second-order valence-corrected chi connectivity index (χ2v) is 6.26. The van der Waals surface area contributed by atoms with Crippen molar-refractivity contribution in [3.05, 3.63) is 65.7 Å². The van der Waals surface area contributed by atoms with Gasteiger partial charge in [0.15, 0.2) is 0 Å². The summed E-state index contributed by atoms with van der Waals surface area (Å²) < 4.78 is 5.75. The first kappa shape index (κ1) is 17.0. The topological polar surface area (TPSA) is 58.6 Å². The van der Waals surface area contributed by atoms with Gasteiger partial charge in [0.05, 0.1) is 5.92 Å². The Bertz CT molecular complexity index is 722. The Morgan fingerprint density at radius 3 is 2.36 bits per heavy atom. The van der Waals surface area contributed by atoms with Crippen LogP contribution in [0.4, 0.5) is 0 Å². The predicted octanol–water partition coefficient (Wildman–Crippen LogP) is 2.36. The molecule has 3 rings (SSSR count). The summed E-state index contributed by atoms with van der Waals surface area (Å²) in [5.41, 5.74) is 2.14. The number of nitrogens with one attached hydrogen (secondary N) is 1. The summed E-state index contributed by atoms with van der Waals surface area (Å²) in [4.78, 5) is 24.8. The molecule has 0 unspecified atom stereocenters. The van der Waals surface area contributed by atoms with Gasteiger partial charge < -0.3 is 15.0 Å². The molecule has 0 spiro atoms. The number of ether oxygens (including phenoxy) is 1. The van der Waals surface area contributed by atoms with Crippen molar-refractivity contribution in [1.29, 1.82) is 0 Å². The second kappa shape index (κ2) is 7.83. The molecule has 1 N–H and O–H groups in total. The van der Waals surface area contributed by atoms with E-state index < -0.39 is 0 Å². The molecule has 2 aromatic rings. The van der Waals surface area contributed by atoms with Crippen LogP contribution in [0, 0.1) is 5.92 Å². The minimum absolute atomic E-state index is 0.00176. The van der Waals surface area contributed by atoms with Crippen molar-refractivity contribution in [3.63, 3.8) is 0 Å². The SMILES string of the molecule is CC(=O)N1CC(C(=O)NCc2ccc(OCc3ccccc3)cc2)C1. The minimum Gasteiger partial charge on any atom is -0.489 e. The van der Waals surface area contributed by atoms with Gasteiger partial charge in [-0.2, -0.15) is 0 Å². The van der Waals surface area contributed by atoms with Gasteiger partial charge in [-0.1, -0.05) is 42.5 Å². The monoisotopic (exact) mass is 338 g/mol. The summed E-state index contributed by atoms with van der Waals surface area (Å²) >= 11 is 0. The second-order valence-electron chi connectivity index (χ2n) is 6.26. The van der Waals surface area contributed by atoms with Crippen molar-refractivity contribution >= 4 is 11.8 Å². The zero-order valence-corrected chi connectivity index (χ0v) is 14.3. The van der Waals surface area contributed by atoms with Crippen LogP contribution in [-0.4, -0.2) is 29.8 Å². The molecule has 0 bridgehead atoms. The molecule has 1 saturated heterocycles. The van der Waals surface area contributed by atoms with E-state index in [-0.39, 0.29) is 17.7 Å². The Balaban J connectivity index is 1.42. The maximum atomic E-state index is 12.0. The van der Waals surface area contributed by atoms with Crippen LogP contribution in [0.5, 0.6) is 5.75 Å². The van der Waals surface area contributed by atoms with E-state index in [1.54, 1.807) is 4.90 Å². The molecule has 1 aliphatic rings. The van der Waals surface area contributed by atoms with Crippen LogP contribution in [0.15, 0.2) is 54.6 Å². The van der Waals surface area contributed by atoms with E-state index in [1.807, 2.05) is 54.6 Å². The van der Waals surface area contributed by atoms with E-state index in [2.05, 4.69) is 5.32 Å². The van der Waals surface area contributed by atoms with Gasteiger partial charge in [0, 0.05) is 26.6 Å². The molecule has 0 saturated carbocycles. The molecule has 0 aliphatic carbocycles. The molecular weight excluding hydrogens is 316 g/mol. The summed E-state index contributed by atoms with van der Waals surface area (Å²) in [6.07, 6.45) is 0. The largest absolute Gasteiger partial charge is 0.489 e. The van der Waals surface area contributed by atoms with Gasteiger partial charge in [0.25, 0.3) is 0 Å². The van der Waals surface area contributed by atoms with Crippen LogP contribution in [0.2, 0.25) is 0 Å². The summed E-state index contributed by atoms with van der Waals surface area (Å²) in [7, 11) is 0.